The SMILES string of the molecule is COc1ccc([C@@H]2[C@H]3C[C@H]4[C@@H]5CC[C@H]6CC(=O)CC[C@]6(C)[C@H]5CC[C@]4(C)C3=NN2c2ccccc2)cc1. The molecule has 8 atom stereocenters. The Hall–Kier alpha value is -2.62. The molecule has 0 spiro atoms. The third-order valence-electron chi connectivity index (χ3n) is 11.7. The van der Waals surface area contributed by atoms with Crippen LogP contribution in [0.15, 0.2) is 59.7 Å². The molecule has 194 valence electrons. The second-order valence-corrected chi connectivity index (χ2v) is 13.1. The number of carbonyl (C=O) groups is 1. The van der Waals surface area contributed by atoms with E-state index in [9.17, 15) is 4.79 Å². The number of ketones is 1. The lowest BCUT2D eigenvalue weighted by Gasteiger charge is -2.59. The maximum atomic E-state index is 12.3. The zero-order valence-electron chi connectivity index (χ0n) is 22.5. The van der Waals surface area contributed by atoms with Gasteiger partial charge in [-0.3, -0.25) is 9.80 Å². The van der Waals surface area contributed by atoms with E-state index < -0.39 is 0 Å². The Morgan fingerprint density at radius 3 is 2.49 bits per heavy atom. The summed E-state index contributed by atoms with van der Waals surface area (Å²) >= 11 is 0. The average molecular weight is 497 g/mol. The first kappa shape index (κ1) is 23.5. The number of ether oxygens (including phenoxy) is 1. The van der Waals surface area contributed by atoms with E-state index in [1.165, 1.54) is 49.1 Å². The van der Waals surface area contributed by atoms with Crippen LogP contribution in [0.2, 0.25) is 0 Å². The van der Waals surface area contributed by atoms with Gasteiger partial charge in [0.25, 0.3) is 0 Å². The summed E-state index contributed by atoms with van der Waals surface area (Å²) in [5, 5.41) is 7.82. The summed E-state index contributed by atoms with van der Waals surface area (Å²) in [5.41, 5.74) is 4.48. The standard InChI is InChI=1S/C33H40N2O2/c1-32-17-15-24(36)19-22(32)11-14-26-28(32)16-18-33(2)29(26)20-27-30(21-9-12-25(37-3)13-10-21)35(34-31(27)33)23-7-5-4-6-8-23/h4-10,12-13,22,26-30H,11,14-20H2,1-3H3/t22-,26+,27+,28-,29-,30+,32-,33-/m0/s1. The third-order valence-corrected chi connectivity index (χ3v) is 11.7. The van der Waals surface area contributed by atoms with Crippen LogP contribution in [0.3, 0.4) is 0 Å². The smallest absolute Gasteiger partial charge is 0.133 e. The van der Waals surface area contributed by atoms with E-state index in [0.29, 0.717) is 29.0 Å². The molecule has 2 aromatic rings. The van der Waals surface area contributed by atoms with Crippen LogP contribution < -0.4 is 9.75 Å². The molecule has 7 rings (SSSR count). The van der Waals surface area contributed by atoms with E-state index in [1.54, 1.807) is 7.11 Å². The number of hydrogen-bond acceptors (Lipinski definition) is 4. The van der Waals surface area contributed by atoms with Crippen LogP contribution in [0.5, 0.6) is 5.75 Å². The third kappa shape index (κ3) is 3.40. The van der Waals surface area contributed by atoms with E-state index in [0.717, 1.165) is 36.8 Å². The quantitative estimate of drug-likeness (QED) is 0.443. The fourth-order valence-corrected chi connectivity index (χ4v) is 9.72. The lowest BCUT2D eigenvalue weighted by atomic mass is 9.45. The Labute approximate surface area is 221 Å². The van der Waals surface area contributed by atoms with Crippen molar-refractivity contribution in [1.82, 2.24) is 0 Å². The predicted molar refractivity (Wildman–Crippen MR) is 148 cm³/mol. The predicted octanol–water partition coefficient (Wildman–Crippen LogP) is 7.45. The van der Waals surface area contributed by atoms with Gasteiger partial charge in [0.15, 0.2) is 0 Å². The van der Waals surface area contributed by atoms with Gasteiger partial charge in [0.05, 0.1) is 24.6 Å². The second-order valence-electron chi connectivity index (χ2n) is 13.1. The Morgan fingerprint density at radius 1 is 0.946 bits per heavy atom. The van der Waals surface area contributed by atoms with Gasteiger partial charge in [0, 0.05) is 24.2 Å². The molecule has 1 heterocycles. The molecule has 0 unspecified atom stereocenters. The number of hydrazone groups is 1. The molecule has 4 fully saturated rings. The number of anilines is 1. The highest BCUT2D eigenvalue weighted by Gasteiger charge is 2.64. The molecule has 4 heteroatoms. The summed E-state index contributed by atoms with van der Waals surface area (Å²) < 4.78 is 5.48. The number of carbonyl (C=O) groups excluding carboxylic acids is 1. The van der Waals surface area contributed by atoms with Crippen LogP contribution >= 0.6 is 0 Å². The monoisotopic (exact) mass is 496 g/mol. The Morgan fingerprint density at radius 2 is 1.73 bits per heavy atom. The fraction of sp³-hybridized carbons (Fsp3) is 0.576. The van der Waals surface area contributed by atoms with Crippen molar-refractivity contribution in [2.45, 2.75) is 71.3 Å². The van der Waals surface area contributed by atoms with Crippen molar-refractivity contribution in [2.75, 3.05) is 12.1 Å². The van der Waals surface area contributed by atoms with Gasteiger partial charge in [-0.15, -0.1) is 0 Å². The van der Waals surface area contributed by atoms with Gasteiger partial charge in [-0.2, -0.15) is 5.10 Å². The Bertz CT molecular complexity index is 1220. The molecule has 4 aliphatic carbocycles. The van der Waals surface area contributed by atoms with Gasteiger partial charge in [-0.1, -0.05) is 44.2 Å². The maximum absolute atomic E-state index is 12.3. The Balaban J connectivity index is 1.26. The number of nitrogens with zero attached hydrogens (tertiary/aromatic N) is 2. The molecule has 5 aliphatic rings. The number of rotatable bonds is 3. The molecular weight excluding hydrogens is 456 g/mol. The van der Waals surface area contributed by atoms with Gasteiger partial charge in [0.1, 0.15) is 11.5 Å². The molecule has 0 amide bonds. The number of benzene rings is 2. The van der Waals surface area contributed by atoms with E-state index in [1.807, 2.05) is 0 Å². The van der Waals surface area contributed by atoms with Gasteiger partial charge in [0.2, 0.25) is 0 Å². The second kappa shape index (κ2) is 8.44. The van der Waals surface area contributed by atoms with Crippen molar-refractivity contribution in [3.8, 4) is 5.75 Å². The van der Waals surface area contributed by atoms with Crippen LogP contribution in [0, 0.1) is 40.4 Å². The largest absolute Gasteiger partial charge is 0.497 e. The number of para-hydroxylation sites is 1. The highest BCUT2D eigenvalue weighted by molar-refractivity contribution is 5.98. The van der Waals surface area contributed by atoms with Gasteiger partial charge in [-0.25, -0.2) is 0 Å². The summed E-state index contributed by atoms with van der Waals surface area (Å²) in [5.74, 6) is 4.70. The molecule has 1 aliphatic heterocycles. The molecular formula is C33H40N2O2. The van der Waals surface area contributed by atoms with E-state index >= 15 is 0 Å². The minimum absolute atomic E-state index is 0.174. The first-order valence-corrected chi connectivity index (χ1v) is 14.5. The minimum Gasteiger partial charge on any atom is -0.497 e. The summed E-state index contributed by atoms with van der Waals surface area (Å²) in [6.45, 7) is 5.10. The molecule has 4 nitrogen and oxygen atoms in total. The van der Waals surface area contributed by atoms with E-state index in [4.69, 9.17) is 9.84 Å². The number of fused-ring (bicyclic) bond motifs is 7. The number of hydrogen-bond donors (Lipinski definition) is 0. The number of methoxy groups -OCH3 is 1. The van der Waals surface area contributed by atoms with Gasteiger partial charge < -0.3 is 4.74 Å². The lowest BCUT2D eigenvalue weighted by molar-refractivity contribution is -0.136. The van der Waals surface area contributed by atoms with Crippen LogP contribution in [-0.2, 0) is 4.79 Å². The lowest BCUT2D eigenvalue weighted by Crippen LogP contribution is -2.53. The van der Waals surface area contributed by atoms with Gasteiger partial charge >= 0.3 is 0 Å². The van der Waals surface area contributed by atoms with Crippen molar-refractivity contribution in [3.63, 3.8) is 0 Å². The summed E-state index contributed by atoms with van der Waals surface area (Å²) in [6.07, 6.45) is 9.06. The molecule has 0 radical (unpaired) electrons. The molecule has 0 saturated heterocycles. The first-order chi connectivity index (χ1) is 17.9. The minimum atomic E-state index is 0.174. The summed E-state index contributed by atoms with van der Waals surface area (Å²) in [7, 11) is 1.73. The Kier molecular flexibility index (Phi) is 5.36. The first-order valence-electron chi connectivity index (χ1n) is 14.5. The van der Waals surface area contributed by atoms with Crippen LogP contribution in [-0.4, -0.2) is 18.6 Å². The van der Waals surface area contributed by atoms with Crippen molar-refractivity contribution < 1.29 is 9.53 Å². The van der Waals surface area contributed by atoms with Crippen molar-refractivity contribution >= 4 is 17.2 Å². The fourth-order valence-electron chi connectivity index (χ4n) is 9.72. The topological polar surface area (TPSA) is 41.9 Å². The summed E-state index contributed by atoms with van der Waals surface area (Å²) in [6, 6.07) is 19.7. The molecule has 37 heavy (non-hydrogen) atoms. The highest BCUT2D eigenvalue weighted by atomic mass is 16.5. The van der Waals surface area contributed by atoms with Crippen LogP contribution in [0.4, 0.5) is 5.69 Å². The molecule has 0 bridgehead atoms. The van der Waals surface area contributed by atoms with Crippen LogP contribution in [0.25, 0.3) is 0 Å². The van der Waals surface area contributed by atoms with E-state index in [-0.39, 0.29) is 11.5 Å². The highest BCUT2D eigenvalue weighted by Crippen LogP contribution is 2.68. The van der Waals surface area contributed by atoms with Gasteiger partial charge in [-0.05, 0) is 97.4 Å². The zero-order chi connectivity index (χ0) is 25.4. The van der Waals surface area contributed by atoms with Crippen molar-refractivity contribution in [1.29, 1.82) is 0 Å². The molecule has 0 N–H and O–H groups in total. The normalized spacial score (nSPS) is 40.4. The van der Waals surface area contributed by atoms with Crippen molar-refractivity contribution in [2.24, 2.45) is 45.5 Å². The zero-order valence-corrected chi connectivity index (χ0v) is 22.5. The van der Waals surface area contributed by atoms with Crippen LogP contribution in [0.1, 0.15) is 76.8 Å². The van der Waals surface area contributed by atoms with E-state index in [2.05, 4.69) is 73.5 Å². The van der Waals surface area contributed by atoms with Crippen molar-refractivity contribution in [3.05, 3.63) is 60.2 Å². The summed E-state index contributed by atoms with van der Waals surface area (Å²) in [4.78, 5) is 12.3. The average Bonchev–Trinajstić information content (AvgIpc) is 3.44. The molecule has 4 saturated carbocycles. The number of Topliss-reactive ketones (excluding diaryl/α,β-unsaturated/α-hetero) is 1. The molecule has 2 aromatic carbocycles. The molecule has 0 aromatic heterocycles. The maximum Gasteiger partial charge on any atom is 0.133 e.